The average Bonchev–Trinajstić information content (AvgIpc) is 2.98. The number of fused-ring (bicyclic) bond motifs is 1. The first-order valence-electron chi connectivity index (χ1n) is 7.12. The number of anilines is 1. The van der Waals surface area contributed by atoms with E-state index in [1.54, 1.807) is 17.1 Å². The Morgan fingerprint density at radius 1 is 1.23 bits per heavy atom. The van der Waals surface area contributed by atoms with Gasteiger partial charge in [0, 0.05) is 39.0 Å². The molecule has 0 aliphatic heterocycles. The van der Waals surface area contributed by atoms with Crippen molar-refractivity contribution in [2.24, 2.45) is 7.05 Å². The maximum atomic E-state index is 8.92. The highest BCUT2D eigenvalue weighted by Gasteiger charge is 2.08. The predicted octanol–water partition coefficient (Wildman–Crippen LogP) is 1.24. The molecule has 0 saturated heterocycles. The van der Waals surface area contributed by atoms with E-state index < -0.39 is 0 Å². The second kappa shape index (κ2) is 6.07. The Balaban J connectivity index is 1.95. The highest BCUT2D eigenvalue weighted by atomic mass is 16.3. The van der Waals surface area contributed by atoms with E-state index in [4.69, 9.17) is 5.11 Å². The van der Waals surface area contributed by atoms with E-state index in [1.807, 2.05) is 37.3 Å². The Labute approximate surface area is 128 Å². The summed E-state index contributed by atoms with van der Waals surface area (Å²) in [7, 11) is 3.81. The van der Waals surface area contributed by atoms with Gasteiger partial charge in [-0.2, -0.15) is 5.10 Å². The van der Waals surface area contributed by atoms with Gasteiger partial charge in [-0.25, -0.2) is 9.97 Å². The molecule has 0 aliphatic rings. The Morgan fingerprint density at radius 2 is 2.09 bits per heavy atom. The molecule has 3 aromatic heterocycles. The topological polar surface area (TPSA) is 80.0 Å². The minimum Gasteiger partial charge on any atom is -0.396 e. The summed E-state index contributed by atoms with van der Waals surface area (Å²) in [4.78, 5) is 15.5. The molecule has 7 heteroatoms. The van der Waals surface area contributed by atoms with Crippen LogP contribution in [0.5, 0.6) is 0 Å². The summed E-state index contributed by atoms with van der Waals surface area (Å²) in [5.41, 5.74) is 3.03. The monoisotopic (exact) mass is 298 g/mol. The zero-order valence-electron chi connectivity index (χ0n) is 12.6. The van der Waals surface area contributed by atoms with Crippen molar-refractivity contribution in [1.29, 1.82) is 0 Å². The lowest BCUT2D eigenvalue weighted by Gasteiger charge is -2.17. The molecule has 3 heterocycles. The van der Waals surface area contributed by atoms with E-state index in [0.29, 0.717) is 12.1 Å². The van der Waals surface area contributed by atoms with Gasteiger partial charge in [-0.05, 0) is 18.6 Å². The molecule has 0 bridgehead atoms. The predicted molar refractivity (Wildman–Crippen MR) is 84.5 cm³/mol. The zero-order valence-corrected chi connectivity index (χ0v) is 12.6. The number of nitrogens with zero attached hydrogens (tertiary/aromatic N) is 6. The molecule has 0 aliphatic carbocycles. The van der Waals surface area contributed by atoms with Crippen molar-refractivity contribution >= 4 is 17.0 Å². The normalized spacial score (nSPS) is 11.0. The first kappa shape index (κ1) is 14.4. The molecule has 7 nitrogen and oxygen atoms in total. The lowest BCUT2D eigenvalue weighted by molar-refractivity contribution is 0.290. The van der Waals surface area contributed by atoms with Gasteiger partial charge in [-0.15, -0.1) is 0 Å². The molecule has 0 radical (unpaired) electrons. The Bertz CT molecular complexity index is 785. The quantitative estimate of drug-likeness (QED) is 0.763. The van der Waals surface area contributed by atoms with Gasteiger partial charge in [-0.1, -0.05) is 0 Å². The Hall–Kier alpha value is -2.54. The molecular weight excluding hydrogens is 280 g/mol. The molecule has 22 heavy (non-hydrogen) atoms. The summed E-state index contributed by atoms with van der Waals surface area (Å²) in [6, 6.07) is 3.82. The van der Waals surface area contributed by atoms with Crippen LogP contribution >= 0.6 is 0 Å². The molecule has 0 spiro atoms. The van der Waals surface area contributed by atoms with Crippen molar-refractivity contribution in [3.63, 3.8) is 0 Å². The van der Waals surface area contributed by atoms with Crippen molar-refractivity contribution in [2.45, 2.75) is 6.42 Å². The van der Waals surface area contributed by atoms with Gasteiger partial charge < -0.3 is 10.0 Å². The number of hydrogen-bond donors (Lipinski definition) is 1. The van der Waals surface area contributed by atoms with Crippen molar-refractivity contribution in [1.82, 2.24) is 24.7 Å². The van der Waals surface area contributed by atoms with Crippen LogP contribution < -0.4 is 4.90 Å². The standard InChI is InChI=1S/C15H18N6O/c1-20(6-3-7-22)14-5-4-12-15(19-14)18-13(9-16-12)11-8-17-21(2)10-11/h4-5,8-10,22H,3,6-7H2,1-2H3. The van der Waals surface area contributed by atoms with Crippen molar-refractivity contribution in [2.75, 3.05) is 25.1 Å². The third kappa shape index (κ3) is 2.89. The lowest BCUT2D eigenvalue weighted by Crippen LogP contribution is -2.20. The smallest absolute Gasteiger partial charge is 0.180 e. The van der Waals surface area contributed by atoms with Crippen LogP contribution in [0.15, 0.2) is 30.7 Å². The number of hydrogen-bond acceptors (Lipinski definition) is 6. The van der Waals surface area contributed by atoms with Crippen LogP contribution in [0.4, 0.5) is 5.82 Å². The molecule has 0 amide bonds. The highest BCUT2D eigenvalue weighted by Crippen LogP contribution is 2.19. The number of aryl methyl sites for hydroxylation is 1. The van der Waals surface area contributed by atoms with Gasteiger partial charge in [0.2, 0.25) is 0 Å². The average molecular weight is 298 g/mol. The molecule has 3 rings (SSSR count). The lowest BCUT2D eigenvalue weighted by atomic mass is 10.2. The minimum atomic E-state index is 0.170. The first-order valence-corrected chi connectivity index (χ1v) is 7.12. The Kier molecular flexibility index (Phi) is 3.97. The summed E-state index contributed by atoms with van der Waals surface area (Å²) in [6.07, 6.45) is 6.09. The number of aliphatic hydroxyl groups excluding tert-OH is 1. The van der Waals surface area contributed by atoms with E-state index in [2.05, 4.69) is 20.1 Å². The number of pyridine rings is 1. The second-order valence-corrected chi connectivity index (χ2v) is 5.17. The summed E-state index contributed by atoms with van der Waals surface area (Å²) in [5.74, 6) is 0.818. The van der Waals surface area contributed by atoms with Gasteiger partial charge in [0.15, 0.2) is 5.65 Å². The van der Waals surface area contributed by atoms with E-state index in [0.717, 1.165) is 29.1 Å². The molecule has 0 aromatic carbocycles. The first-order chi connectivity index (χ1) is 10.7. The molecule has 0 atom stereocenters. The zero-order chi connectivity index (χ0) is 15.5. The molecule has 3 aromatic rings. The van der Waals surface area contributed by atoms with Crippen LogP contribution in [0.25, 0.3) is 22.4 Å². The van der Waals surface area contributed by atoms with Crippen molar-refractivity contribution < 1.29 is 5.11 Å². The van der Waals surface area contributed by atoms with E-state index >= 15 is 0 Å². The fourth-order valence-corrected chi connectivity index (χ4v) is 2.22. The minimum absolute atomic E-state index is 0.170. The Morgan fingerprint density at radius 3 is 2.82 bits per heavy atom. The van der Waals surface area contributed by atoms with Crippen LogP contribution in [-0.2, 0) is 7.05 Å². The van der Waals surface area contributed by atoms with Crippen LogP contribution in [0.2, 0.25) is 0 Å². The largest absolute Gasteiger partial charge is 0.396 e. The summed E-state index contributed by atoms with van der Waals surface area (Å²) in [5, 5.41) is 13.1. The molecule has 1 N–H and O–H groups in total. The van der Waals surface area contributed by atoms with Gasteiger partial charge >= 0.3 is 0 Å². The number of aromatic nitrogens is 5. The van der Waals surface area contributed by atoms with Gasteiger partial charge in [0.05, 0.1) is 18.1 Å². The second-order valence-electron chi connectivity index (χ2n) is 5.17. The maximum absolute atomic E-state index is 8.92. The van der Waals surface area contributed by atoms with Gasteiger partial charge in [0.1, 0.15) is 11.3 Å². The molecule has 0 unspecified atom stereocenters. The maximum Gasteiger partial charge on any atom is 0.180 e. The van der Waals surface area contributed by atoms with Crippen LogP contribution in [0.3, 0.4) is 0 Å². The highest BCUT2D eigenvalue weighted by molar-refractivity contribution is 5.75. The fourth-order valence-electron chi connectivity index (χ4n) is 2.22. The van der Waals surface area contributed by atoms with E-state index in [9.17, 15) is 0 Å². The molecule has 0 fully saturated rings. The molecule has 114 valence electrons. The summed E-state index contributed by atoms with van der Waals surface area (Å²) in [6.45, 7) is 0.910. The summed E-state index contributed by atoms with van der Waals surface area (Å²) < 4.78 is 1.73. The van der Waals surface area contributed by atoms with E-state index in [1.165, 1.54) is 0 Å². The third-order valence-corrected chi connectivity index (χ3v) is 3.44. The SMILES string of the molecule is CN(CCCO)c1ccc2ncc(-c3cnn(C)c3)nc2n1. The summed E-state index contributed by atoms with van der Waals surface area (Å²) >= 11 is 0. The fraction of sp³-hybridized carbons (Fsp3) is 0.333. The molecule has 0 saturated carbocycles. The van der Waals surface area contributed by atoms with E-state index in [-0.39, 0.29) is 6.61 Å². The van der Waals surface area contributed by atoms with Crippen LogP contribution in [-0.4, -0.2) is 50.0 Å². The van der Waals surface area contributed by atoms with Gasteiger partial charge in [-0.3, -0.25) is 9.67 Å². The van der Waals surface area contributed by atoms with Crippen molar-refractivity contribution in [3.8, 4) is 11.3 Å². The number of rotatable bonds is 5. The van der Waals surface area contributed by atoms with Gasteiger partial charge in [0.25, 0.3) is 0 Å². The third-order valence-electron chi connectivity index (χ3n) is 3.44. The van der Waals surface area contributed by atoms with Crippen LogP contribution in [0, 0.1) is 0 Å². The van der Waals surface area contributed by atoms with Crippen LogP contribution in [0.1, 0.15) is 6.42 Å². The number of aliphatic hydroxyl groups is 1. The van der Waals surface area contributed by atoms with Crippen molar-refractivity contribution in [3.05, 3.63) is 30.7 Å². The molecular formula is C15H18N6O.